The maximum Gasteiger partial charge on any atom is 0.231 e. The Labute approximate surface area is 161 Å². The highest BCUT2D eigenvalue weighted by molar-refractivity contribution is 6.19. The molecule has 4 rings (SSSR count). The van der Waals surface area contributed by atoms with Crippen LogP contribution in [-0.4, -0.2) is 44.8 Å². The average Bonchev–Trinajstić information content (AvgIpc) is 3.19. The number of carbonyl (C=O) groups is 1. The third-order valence-electron chi connectivity index (χ3n) is 5.03. The van der Waals surface area contributed by atoms with Crippen LogP contribution in [0.1, 0.15) is 33.8 Å². The van der Waals surface area contributed by atoms with E-state index in [9.17, 15) is 10.0 Å². The van der Waals surface area contributed by atoms with Crippen molar-refractivity contribution in [3.05, 3.63) is 41.0 Å². The van der Waals surface area contributed by atoms with E-state index in [1.165, 1.54) is 21.3 Å². The lowest BCUT2D eigenvalue weighted by molar-refractivity contribution is 0.0975. The summed E-state index contributed by atoms with van der Waals surface area (Å²) in [6.45, 7) is 0.117. The molecule has 0 radical (unpaired) electrons. The van der Waals surface area contributed by atoms with Gasteiger partial charge in [0.15, 0.2) is 28.8 Å². The van der Waals surface area contributed by atoms with Crippen molar-refractivity contribution in [1.29, 1.82) is 0 Å². The fraction of sp³-hybridized carbons (Fsp3) is 0.300. The third kappa shape index (κ3) is 2.69. The van der Waals surface area contributed by atoms with Crippen LogP contribution in [0.3, 0.4) is 0 Å². The number of methoxy groups -OCH3 is 3. The monoisotopic (exact) mass is 385 g/mol. The van der Waals surface area contributed by atoms with E-state index < -0.39 is 5.92 Å². The van der Waals surface area contributed by atoms with Crippen molar-refractivity contribution in [2.75, 3.05) is 28.1 Å². The minimum absolute atomic E-state index is 0.104. The molecule has 1 atom stereocenters. The summed E-state index contributed by atoms with van der Waals surface area (Å²) in [5, 5.41) is 13.3. The summed E-state index contributed by atoms with van der Waals surface area (Å²) in [5.74, 6) is 1.89. The molecular formula is C20H19NO7. The van der Waals surface area contributed by atoms with Crippen molar-refractivity contribution in [3.63, 3.8) is 0 Å². The third-order valence-corrected chi connectivity index (χ3v) is 5.03. The lowest BCUT2D eigenvalue weighted by atomic mass is 9.77. The number of ether oxygens (including phenoxy) is 5. The fourth-order valence-electron chi connectivity index (χ4n) is 3.67. The second-order valence-electron chi connectivity index (χ2n) is 6.37. The van der Waals surface area contributed by atoms with Crippen LogP contribution in [0.4, 0.5) is 0 Å². The largest absolute Gasteiger partial charge is 0.496 e. The SMILES string of the molecule is COc1cc2c(cc1OC)/C(=N/O)C(c1cc3c(cc1OC)OCO3)CC2=O. The van der Waals surface area contributed by atoms with Gasteiger partial charge in [-0.1, -0.05) is 5.16 Å². The molecule has 2 aromatic rings. The number of ketones is 1. The highest BCUT2D eigenvalue weighted by atomic mass is 16.7. The van der Waals surface area contributed by atoms with Crippen molar-refractivity contribution < 1.29 is 33.7 Å². The Balaban J connectivity index is 1.87. The van der Waals surface area contributed by atoms with Gasteiger partial charge in [-0.05, 0) is 18.2 Å². The zero-order valence-corrected chi connectivity index (χ0v) is 15.6. The fourth-order valence-corrected chi connectivity index (χ4v) is 3.67. The van der Waals surface area contributed by atoms with E-state index in [4.69, 9.17) is 23.7 Å². The Morgan fingerprint density at radius 1 is 0.929 bits per heavy atom. The zero-order valence-electron chi connectivity index (χ0n) is 15.6. The minimum atomic E-state index is -0.521. The van der Waals surface area contributed by atoms with Gasteiger partial charge in [0.05, 0.1) is 27.0 Å². The van der Waals surface area contributed by atoms with Crippen LogP contribution in [0.15, 0.2) is 29.4 Å². The number of nitrogens with zero attached hydrogens (tertiary/aromatic N) is 1. The molecule has 0 saturated carbocycles. The van der Waals surface area contributed by atoms with Gasteiger partial charge >= 0.3 is 0 Å². The number of hydrogen-bond donors (Lipinski definition) is 1. The predicted octanol–water partition coefficient (Wildman–Crippen LogP) is 2.99. The highest BCUT2D eigenvalue weighted by Crippen LogP contribution is 2.45. The summed E-state index contributed by atoms with van der Waals surface area (Å²) in [4.78, 5) is 12.9. The number of carbonyl (C=O) groups excluding carboxylic acids is 1. The molecule has 1 N–H and O–H groups in total. The molecule has 0 aromatic heterocycles. The first kappa shape index (κ1) is 18.0. The Kier molecular flexibility index (Phi) is 4.46. The maximum absolute atomic E-state index is 12.9. The Morgan fingerprint density at radius 3 is 2.14 bits per heavy atom. The van der Waals surface area contributed by atoms with Crippen LogP contribution in [-0.2, 0) is 0 Å². The molecule has 146 valence electrons. The first-order chi connectivity index (χ1) is 13.6. The van der Waals surface area contributed by atoms with Crippen molar-refractivity contribution in [1.82, 2.24) is 0 Å². The average molecular weight is 385 g/mol. The zero-order chi connectivity index (χ0) is 19.8. The van der Waals surface area contributed by atoms with Gasteiger partial charge in [-0.15, -0.1) is 0 Å². The van der Waals surface area contributed by atoms with Crippen molar-refractivity contribution in [2.45, 2.75) is 12.3 Å². The Morgan fingerprint density at radius 2 is 1.54 bits per heavy atom. The van der Waals surface area contributed by atoms with E-state index in [0.717, 1.165) is 0 Å². The van der Waals surface area contributed by atoms with Gasteiger partial charge in [0.2, 0.25) is 6.79 Å². The van der Waals surface area contributed by atoms with E-state index in [-0.39, 0.29) is 19.0 Å². The number of oxime groups is 1. The summed E-state index contributed by atoms with van der Waals surface area (Å²) >= 11 is 0. The van der Waals surface area contributed by atoms with Crippen LogP contribution in [0, 0.1) is 0 Å². The molecule has 2 aromatic carbocycles. The molecular weight excluding hydrogens is 366 g/mol. The second kappa shape index (κ2) is 6.95. The van der Waals surface area contributed by atoms with E-state index in [0.29, 0.717) is 51.1 Å². The number of benzene rings is 2. The van der Waals surface area contributed by atoms with E-state index in [2.05, 4.69) is 5.16 Å². The van der Waals surface area contributed by atoms with Crippen LogP contribution < -0.4 is 23.7 Å². The normalized spacial score (nSPS) is 18.8. The van der Waals surface area contributed by atoms with Gasteiger partial charge in [-0.3, -0.25) is 4.79 Å². The standard InChI is InChI=1S/C20H19NO7/c1-24-15-8-19-18(27-9-28-19)6-11(15)12-4-14(22)10-5-16(25-2)17(26-3)7-13(10)20(12)21-23/h5-8,12,23H,4,9H2,1-3H3/b21-20+. The molecule has 1 aliphatic heterocycles. The minimum Gasteiger partial charge on any atom is -0.496 e. The number of rotatable bonds is 4. The Bertz CT molecular complexity index is 983. The van der Waals surface area contributed by atoms with Crippen molar-refractivity contribution in [3.8, 4) is 28.7 Å². The maximum atomic E-state index is 12.9. The molecule has 0 fully saturated rings. The molecule has 28 heavy (non-hydrogen) atoms. The van der Waals surface area contributed by atoms with Gasteiger partial charge in [-0.25, -0.2) is 0 Å². The molecule has 1 unspecified atom stereocenters. The summed E-state index contributed by atoms with van der Waals surface area (Å²) in [6, 6.07) is 6.72. The Hall–Kier alpha value is -3.42. The lowest BCUT2D eigenvalue weighted by Crippen LogP contribution is -2.27. The number of Topliss-reactive ketones (excluding diaryl/α,β-unsaturated/α-hetero) is 1. The van der Waals surface area contributed by atoms with Crippen LogP contribution in [0.2, 0.25) is 0 Å². The molecule has 0 amide bonds. The first-order valence-corrected chi connectivity index (χ1v) is 8.60. The van der Waals surface area contributed by atoms with Crippen molar-refractivity contribution >= 4 is 11.5 Å². The summed E-state index contributed by atoms with van der Waals surface area (Å²) < 4.78 is 27.0. The van der Waals surface area contributed by atoms with E-state index in [1.807, 2.05) is 0 Å². The molecule has 2 aliphatic rings. The van der Waals surface area contributed by atoms with Gasteiger partial charge in [0.25, 0.3) is 0 Å². The van der Waals surface area contributed by atoms with Crippen molar-refractivity contribution in [2.24, 2.45) is 5.16 Å². The van der Waals surface area contributed by atoms with Gasteiger partial charge < -0.3 is 28.9 Å². The first-order valence-electron chi connectivity index (χ1n) is 8.60. The number of fused-ring (bicyclic) bond motifs is 2. The summed E-state index contributed by atoms with van der Waals surface area (Å²) in [5.41, 5.74) is 1.92. The molecule has 0 bridgehead atoms. The predicted molar refractivity (Wildman–Crippen MR) is 98.7 cm³/mol. The van der Waals surface area contributed by atoms with E-state index >= 15 is 0 Å². The van der Waals surface area contributed by atoms with Gasteiger partial charge in [-0.2, -0.15) is 0 Å². The van der Waals surface area contributed by atoms with Gasteiger partial charge in [0, 0.05) is 35.1 Å². The number of hydrogen-bond acceptors (Lipinski definition) is 8. The molecule has 1 heterocycles. The van der Waals surface area contributed by atoms with E-state index in [1.54, 1.807) is 24.3 Å². The quantitative estimate of drug-likeness (QED) is 0.638. The smallest absolute Gasteiger partial charge is 0.231 e. The van der Waals surface area contributed by atoms with Gasteiger partial charge in [0.1, 0.15) is 5.75 Å². The van der Waals surface area contributed by atoms with Crippen LogP contribution in [0.5, 0.6) is 28.7 Å². The van der Waals surface area contributed by atoms with Crippen LogP contribution in [0.25, 0.3) is 0 Å². The topological polar surface area (TPSA) is 95.8 Å². The summed E-state index contributed by atoms with van der Waals surface area (Å²) in [7, 11) is 4.53. The molecule has 8 heteroatoms. The molecule has 0 saturated heterocycles. The lowest BCUT2D eigenvalue weighted by Gasteiger charge is -2.27. The highest BCUT2D eigenvalue weighted by Gasteiger charge is 2.36. The van der Waals surface area contributed by atoms with Crippen LogP contribution >= 0.6 is 0 Å². The molecule has 8 nitrogen and oxygen atoms in total. The molecule has 0 spiro atoms. The summed E-state index contributed by atoms with van der Waals surface area (Å²) in [6.07, 6.45) is 0.109. The second-order valence-corrected chi connectivity index (χ2v) is 6.37. The molecule has 1 aliphatic carbocycles.